The molecule has 0 N–H and O–H groups in total. The molecule has 0 radical (unpaired) electrons. The third-order valence-electron chi connectivity index (χ3n) is 24.0. The molecule has 0 spiro atoms. The highest BCUT2D eigenvalue weighted by molar-refractivity contribution is 5.88. The molecule has 2 saturated heterocycles. The lowest BCUT2D eigenvalue weighted by Gasteiger charge is -2.33. The highest BCUT2D eigenvalue weighted by Gasteiger charge is 2.70. The van der Waals surface area contributed by atoms with E-state index in [1.807, 2.05) is 55.4 Å². The first kappa shape index (κ1) is 79.0. The smallest absolute Gasteiger partial charge is 0.336 e. The molecule has 11 saturated carbocycles. The van der Waals surface area contributed by atoms with E-state index < -0.39 is 23.0 Å². The van der Waals surface area contributed by atoms with Crippen molar-refractivity contribution in [1.29, 1.82) is 0 Å². The molecule has 2 heterocycles. The monoisotopic (exact) mass is 1250 g/mol. The van der Waals surface area contributed by atoms with Gasteiger partial charge in [0.2, 0.25) is 0 Å². The van der Waals surface area contributed by atoms with E-state index >= 15 is 0 Å². The summed E-state index contributed by atoms with van der Waals surface area (Å²) in [7, 11) is 0. The van der Waals surface area contributed by atoms with Gasteiger partial charge < -0.3 is 33.2 Å². The first-order chi connectivity index (χ1) is 39.0. The summed E-state index contributed by atoms with van der Waals surface area (Å²) in [6, 6.07) is 0. The summed E-state index contributed by atoms with van der Waals surface area (Å²) in [4.78, 5) is 82.9. The summed E-state index contributed by atoms with van der Waals surface area (Å²) < 4.78 is 39.0. The van der Waals surface area contributed by atoms with Gasteiger partial charge in [0.15, 0.2) is 0 Å². The minimum absolute atomic E-state index is 0. The number of hydrogen-bond donors (Lipinski definition) is 0. The minimum Gasteiger partial charge on any atom is -0.462 e. The molecule has 13 rings (SSSR count). The van der Waals surface area contributed by atoms with Gasteiger partial charge in [0, 0.05) is 24.0 Å². The Hall–Kier alpha value is -4.23. The van der Waals surface area contributed by atoms with E-state index in [1.165, 1.54) is 64.2 Å². The van der Waals surface area contributed by atoms with Crippen molar-refractivity contribution < 1.29 is 66.7 Å². The summed E-state index contributed by atoms with van der Waals surface area (Å²) in [6.07, 6.45) is 26.7. The fraction of sp³-hybridized carbons (Fsp3) is 0.853. The summed E-state index contributed by atoms with van der Waals surface area (Å²) in [5, 5.41) is 0. The molecule has 11 aliphatic carbocycles. The van der Waals surface area contributed by atoms with Gasteiger partial charge in [-0.1, -0.05) is 98.3 Å². The molecular weight excluding hydrogens is 1120 g/mol. The second-order valence-corrected chi connectivity index (χ2v) is 30.4. The van der Waals surface area contributed by atoms with Crippen LogP contribution in [0.15, 0.2) is 24.3 Å². The highest BCUT2D eigenvalue weighted by atomic mass is 16.7. The molecule has 512 valence electrons. The molecule has 0 aromatic heterocycles. The summed E-state index contributed by atoms with van der Waals surface area (Å²) >= 11 is 0. The Morgan fingerprint density at radius 2 is 0.854 bits per heavy atom. The molecular formula is C75H128O14. The van der Waals surface area contributed by atoms with Crippen molar-refractivity contribution in [3.05, 3.63) is 24.3 Å². The average molecular weight is 1250 g/mol. The first-order valence-corrected chi connectivity index (χ1v) is 32.9. The van der Waals surface area contributed by atoms with Crippen LogP contribution in [0.3, 0.4) is 0 Å². The van der Waals surface area contributed by atoms with E-state index in [2.05, 4.69) is 27.0 Å². The number of carbonyl (C=O) groups is 7. The van der Waals surface area contributed by atoms with Crippen molar-refractivity contribution in [2.24, 2.45) is 99.1 Å². The number of ether oxygens (including phenoxy) is 7. The maximum atomic E-state index is 12.2. The van der Waals surface area contributed by atoms with Crippen LogP contribution in [0.5, 0.6) is 0 Å². The van der Waals surface area contributed by atoms with E-state index in [-0.39, 0.29) is 133 Å². The van der Waals surface area contributed by atoms with Gasteiger partial charge in [-0.3, -0.25) is 24.0 Å². The maximum Gasteiger partial charge on any atom is 0.336 e. The van der Waals surface area contributed by atoms with Crippen LogP contribution in [0.2, 0.25) is 0 Å². The van der Waals surface area contributed by atoms with E-state index in [1.54, 1.807) is 13.8 Å². The van der Waals surface area contributed by atoms with E-state index in [0.717, 1.165) is 106 Å². The standard InChI is InChI=1S/C16H26O2.C14H20O4.C14H20O2.C13H24O2.C12H14O4.6CH4/c1-4-16(2,3)15(17)18-14-9-10-8-13(14)12-7-5-6-11(10)12;1-4-13(2,3)12(16)18-14-7-8-5-9(10(14)6-8)11(15)17-14;1-8(2)14(15)16-13-7-9-6-12(13)11-5-3-4-10(9)11;1-5-12(3,4)11(14)15-13(6-2)9-7-8-10-13;1-6(2)10(13)15-12-5-7-3-8(9(12)4-7)11(14)16-12;;;;;;/h10-14H,4-9H2,1-3H3;8-10H,4-7H2,1-3H3;9-13H,1,3-7H2,2H3;5-10H2,1-4H3;7-9H,1,3-5H2,2H3;6*1H4. The topological polar surface area (TPSA) is 184 Å². The van der Waals surface area contributed by atoms with Gasteiger partial charge in [-0.05, 0) is 243 Å². The van der Waals surface area contributed by atoms with Gasteiger partial charge in [-0.25, -0.2) is 9.59 Å². The molecule has 2 aliphatic heterocycles. The molecule has 0 amide bonds. The zero-order valence-corrected chi connectivity index (χ0v) is 52.8. The lowest BCUT2D eigenvalue weighted by atomic mass is 9.80. The Morgan fingerprint density at radius 1 is 0.472 bits per heavy atom. The second-order valence-electron chi connectivity index (χ2n) is 30.4. The minimum atomic E-state index is -0.958. The van der Waals surface area contributed by atoms with Crippen LogP contribution in [0.4, 0.5) is 0 Å². The summed E-state index contributed by atoms with van der Waals surface area (Å²) in [6.45, 7) is 30.4. The zero-order chi connectivity index (χ0) is 60.4. The van der Waals surface area contributed by atoms with Crippen molar-refractivity contribution in [3.8, 4) is 0 Å². The molecule has 14 heteroatoms. The number of rotatable bonds is 14. The Balaban J connectivity index is 0.000000286. The van der Waals surface area contributed by atoms with E-state index in [4.69, 9.17) is 33.2 Å². The van der Waals surface area contributed by atoms with Crippen LogP contribution in [0.25, 0.3) is 0 Å². The van der Waals surface area contributed by atoms with Gasteiger partial charge in [-0.2, -0.15) is 0 Å². The number of esters is 7. The Kier molecular flexibility index (Phi) is 26.8. The lowest BCUT2D eigenvalue weighted by Crippen LogP contribution is -2.42. The molecule has 8 bridgehead atoms. The van der Waals surface area contributed by atoms with Crippen molar-refractivity contribution in [1.82, 2.24) is 0 Å². The SMILES string of the molecule is C.C.C.C.C.C.C=C(C)C(=O)OC12CC3CC(C(=O)O1)C2C3.C=C(C)C(=O)OC1CC2CC1C1CCCC21.CCC(C)(C)C(=O)OC12CC3CC(C(=O)O1)C2C3.CCC(C)(C)C(=O)OC1CC2CC1C1CCCC21.CCC1(OC(=O)C(C)(C)CC)CCCC1. The van der Waals surface area contributed by atoms with Crippen LogP contribution in [-0.4, -0.2) is 71.2 Å². The van der Waals surface area contributed by atoms with Gasteiger partial charge in [0.25, 0.3) is 11.6 Å². The number of carbonyl (C=O) groups excluding carboxylic acids is 7. The summed E-state index contributed by atoms with van der Waals surface area (Å²) in [5.74, 6) is 4.70. The van der Waals surface area contributed by atoms with Crippen LogP contribution in [0.1, 0.15) is 282 Å². The van der Waals surface area contributed by atoms with Crippen molar-refractivity contribution in [3.63, 3.8) is 0 Å². The van der Waals surface area contributed by atoms with Crippen LogP contribution < -0.4 is 0 Å². The number of fused-ring (bicyclic) bond motifs is 12. The van der Waals surface area contributed by atoms with Gasteiger partial charge >= 0.3 is 41.8 Å². The molecule has 0 aromatic rings. The molecule has 18 atom stereocenters. The van der Waals surface area contributed by atoms with Crippen LogP contribution in [0, 0.1) is 99.1 Å². The van der Waals surface area contributed by atoms with Gasteiger partial charge in [0.05, 0.1) is 39.9 Å². The fourth-order valence-corrected chi connectivity index (χ4v) is 17.9. The van der Waals surface area contributed by atoms with Crippen molar-refractivity contribution in [2.45, 2.75) is 311 Å². The van der Waals surface area contributed by atoms with Crippen molar-refractivity contribution >= 4 is 41.8 Å². The third-order valence-corrected chi connectivity index (χ3v) is 24.0. The molecule has 14 nitrogen and oxygen atoms in total. The first-order valence-electron chi connectivity index (χ1n) is 32.9. The van der Waals surface area contributed by atoms with Crippen molar-refractivity contribution in [2.75, 3.05) is 0 Å². The van der Waals surface area contributed by atoms with Gasteiger partial charge in [0.1, 0.15) is 17.8 Å². The molecule has 13 aliphatic rings. The molecule has 0 aromatic carbocycles. The predicted octanol–water partition coefficient (Wildman–Crippen LogP) is 17.9. The lowest BCUT2D eigenvalue weighted by molar-refractivity contribution is -0.229. The molecule has 89 heavy (non-hydrogen) atoms. The average Bonchev–Trinajstić information content (AvgIpc) is 1.60. The zero-order valence-electron chi connectivity index (χ0n) is 52.8. The molecule has 13 fully saturated rings. The number of hydrogen-bond acceptors (Lipinski definition) is 14. The highest BCUT2D eigenvalue weighted by Crippen LogP contribution is 2.64. The largest absolute Gasteiger partial charge is 0.462 e. The Bertz CT molecular complexity index is 2500. The van der Waals surface area contributed by atoms with E-state index in [0.29, 0.717) is 54.1 Å². The normalized spacial score (nSPS) is 36.0. The third kappa shape index (κ3) is 15.6. The summed E-state index contributed by atoms with van der Waals surface area (Å²) in [5.41, 5.74) is -0.408. The Labute approximate surface area is 540 Å². The molecule has 18 unspecified atom stereocenters. The van der Waals surface area contributed by atoms with Crippen LogP contribution in [-0.2, 0) is 66.7 Å². The quantitative estimate of drug-likeness (QED) is 0.0909. The Morgan fingerprint density at radius 3 is 1.25 bits per heavy atom. The maximum absolute atomic E-state index is 12.2. The van der Waals surface area contributed by atoms with Gasteiger partial charge in [-0.15, -0.1) is 0 Å². The predicted molar refractivity (Wildman–Crippen MR) is 352 cm³/mol. The second kappa shape index (κ2) is 30.2. The van der Waals surface area contributed by atoms with E-state index in [9.17, 15) is 33.6 Å². The van der Waals surface area contributed by atoms with Crippen LogP contribution >= 0.6 is 0 Å². The fourth-order valence-electron chi connectivity index (χ4n) is 17.9.